The standard InChI is InChI=1S/C14H29N3O2/c1-12(2)15-13-6-5-7-17(14(13)18)9-8-16(3)10-11-19-4/h12-13,15H,5-11H2,1-4H3. The van der Waals surface area contributed by atoms with E-state index in [-0.39, 0.29) is 11.9 Å². The minimum atomic E-state index is 0.0121. The topological polar surface area (TPSA) is 44.8 Å². The van der Waals surface area contributed by atoms with Gasteiger partial charge in [0, 0.05) is 39.3 Å². The molecule has 19 heavy (non-hydrogen) atoms. The Bertz CT molecular complexity index is 271. The number of nitrogens with zero attached hydrogens (tertiary/aromatic N) is 2. The summed E-state index contributed by atoms with van der Waals surface area (Å²) in [5.74, 6) is 0.264. The molecule has 0 radical (unpaired) electrons. The van der Waals surface area contributed by atoms with E-state index in [9.17, 15) is 4.79 Å². The van der Waals surface area contributed by atoms with Gasteiger partial charge in [-0.1, -0.05) is 13.8 Å². The van der Waals surface area contributed by atoms with Crippen molar-refractivity contribution in [3.05, 3.63) is 0 Å². The van der Waals surface area contributed by atoms with Crippen molar-refractivity contribution in [1.82, 2.24) is 15.1 Å². The summed E-state index contributed by atoms with van der Waals surface area (Å²) in [5.41, 5.74) is 0. The average Bonchev–Trinajstić information content (AvgIpc) is 2.37. The third-order valence-electron chi connectivity index (χ3n) is 3.49. The monoisotopic (exact) mass is 271 g/mol. The summed E-state index contributed by atoms with van der Waals surface area (Å²) in [6, 6.07) is 0.372. The van der Waals surface area contributed by atoms with E-state index >= 15 is 0 Å². The molecule has 1 unspecified atom stereocenters. The van der Waals surface area contributed by atoms with Crippen LogP contribution in [0.2, 0.25) is 0 Å². The summed E-state index contributed by atoms with van der Waals surface area (Å²) in [6.07, 6.45) is 2.06. The number of hydrogen-bond acceptors (Lipinski definition) is 4. The zero-order valence-electron chi connectivity index (χ0n) is 12.8. The lowest BCUT2D eigenvalue weighted by Gasteiger charge is -2.34. The first-order chi connectivity index (χ1) is 9.04. The molecule has 1 N–H and O–H groups in total. The van der Waals surface area contributed by atoms with Crippen molar-refractivity contribution >= 4 is 5.91 Å². The van der Waals surface area contributed by atoms with E-state index in [4.69, 9.17) is 4.74 Å². The SMILES string of the molecule is COCCN(C)CCN1CCCC(NC(C)C)C1=O. The number of nitrogens with one attached hydrogen (secondary N) is 1. The summed E-state index contributed by atoms with van der Waals surface area (Å²) in [4.78, 5) is 16.5. The van der Waals surface area contributed by atoms with Gasteiger partial charge < -0.3 is 19.9 Å². The smallest absolute Gasteiger partial charge is 0.239 e. The molecule has 1 aliphatic heterocycles. The highest BCUT2D eigenvalue weighted by Gasteiger charge is 2.28. The van der Waals surface area contributed by atoms with Crippen LogP contribution in [-0.4, -0.2) is 74.7 Å². The second kappa shape index (κ2) is 8.51. The van der Waals surface area contributed by atoms with Gasteiger partial charge in [-0.15, -0.1) is 0 Å². The van der Waals surface area contributed by atoms with Crippen LogP contribution in [0.15, 0.2) is 0 Å². The molecule has 0 spiro atoms. The highest BCUT2D eigenvalue weighted by molar-refractivity contribution is 5.82. The van der Waals surface area contributed by atoms with Crippen LogP contribution in [0.5, 0.6) is 0 Å². The molecular formula is C14H29N3O2. The van der Waals surface area contributed by atoms with E-state index in [0.29, 0.717) is 6.04 Å². The second-order valence-electron chi connectivity index (χ2n) is 5.64. The van der Waals surface area contributed by atoms with E-state index in [2.05, 4.69) is 31.1 Å². The number of carbonyl (C=O) groups is 1. The number of hydrogen-bond donors (Lipinski definition) is 1. The van der Waals surface area contributed by atoms with E-state index in [1.54, 1.807) is 7.11 Å². The van der Waals surface area contributed by atoms with Crippen molar-refractivity contribution in [2.24, 2.45) is 0 Å². The Kier molecular flexibility index (Phi) is 7.34. The van der Waals surface area contributed by atoms with Crippen LogP contribution in [-0.2, 0) is 9.53 Å². The molecule has 0 saturated carbocycles. The lowest BCUT2D eigenvalue weighted by atomic mass is 10.0. The maximum atomic E-state index is 12.3. The van der Waals surface area contributed by atoms with Gasteiger partial charge in [-0.05, 0) is 19.9 Å². The Morgan fingerprint density at radius 3 is 2.84 bits per heavy atom. The van der Waals surface area contributed by atoms with Crippen LogP contribution in [0, 0.1) is 0 Å². The lowest BCUT2D eigenvalue weighted by molar-refractivity contribution is -0.136. The maximum absolute atomic E-state index is 12.3. The molecule has 0 aromatic rings. The van der Waals surface area contributed by atoms with Crippen molar-refractivity contribution in [2.75, 3.05) is 46.9 Å². The molecule has 5 nitrogen and oxygen atoms in total. The fourth-order valence-corrected chi connectivity index (χ4v) is 2.37. The van der Waals surface area contributed by atoms with Gasteiger partial charge >= 0.3 is 0 Å². The summed E-state index contributed by atoms with van der Waals surface area (Å²) in [7, 11) is 3.78. The first-order valence-corrected chi connectivity index (χ1v) is 7.27. The Labute approximate surface area is 117 Å². The quantitative estimate of drug-likeness (QED) is 0.700. The largest absolute Gasteiger partial charge is 0.383 e. The zero-order chi connectivity index (χ0) is 14.3. The molecular weight excluding hydrogens is 242 g/mol. The molecule has 0 bridgehead atoms. The summed E-state index contributed by atoms with van der Waals surface area (Å²) in [5, 5.41) is 3.36. The molecule has 1 amide bonds. The van der Waals surface area contributed by atoms with Crippen molar-refractivity contribution < 1.29 is 9.53 Å². The van der Waals surface area contributed by atoms with Crippen LogP contribution >= 0.6 is 0 Å². The first kappa shape index (κ1) is 16.4. The number of methoxy groups -OCH3 is 1. The number of ether oxygens (including phenoxy) is 1. The van der Waals surface area contributed by atoms with Crippen LogP contribution in [0.25, 0.3) is 0 Å². The fourth-order valence-electron chi connectivity index (χ4n) is 2.37. The number of rotatable bonds is 8. The minimum Gasteiger partial charge on any atom is -0.383 e. The molecule has 1 saturated heterocycles. The minimum absolute atomic E-state index is 0.0121. The van der Waals surface area contributed by atoms with Gasteiger partial charge in [0.05, 0.1) is 12.6 Å². The Morgan fingerprint density at radius 1 is 1.47 bits per heavy atom. The molecule has 5 heteroatoms. The molecule has 0 aliphatic carbocycles. The average molecular weight is 271 g/mol. The van der Waals surface area contributed by atoms with Gasteiger partial charge in [-0.25, -0.2) is 0 Å². The van der Waals surface area contributed by atoms with Gasteiger partial charge in [0.25, 0.3) is 0 Å². The molecule has 1 atom stereocenters. The maximum Gasteiger partial charge on any atom is 0.239 e. The predicted molar refractivity (Wildman–Crippen MR) is 77.2 cm³/mol. The third-order valence-corrected chi connectivity index (χ3v) is 3.49. The number of likely N-dealkylation sites (N-methyl/N-ethyl adjacent to an activating group) is 1. The number of likely N-dealkylation sites (tertiary alicyclic amines) is 1. The predicted octanol–water partition coefficient (Wildman–Crippen LogP) is 0.554. The molecule has 0 aromatic carbocycles. The summed E-state index contributed by atoms with van der Waals surface area (Å²) in [6.45, 7) is 8.44. The van der Waals surface area contributed by atoms with E-state index in [1.807, 2.05) is 4.90 Å². The van der Waals surface area contributed by atoms with E-state index < -0.39 is 0 Å². The molecule has 1 heterocycles. The Balaban J connectivity index is 2.34. The highest BCUT2D eigenvalue weighted by atomic mass is 16.5. The van der Waals surface area contributed by atoms with Crippen LogP contribution in [0.1, 0.15) is 26.7 Å². The van der Waals surface area contributed by atoms with Crippen LogP contribution in [0.3, 0.4) is 0 Å². The van der Waals surface area contributed by atoms with Gasteiger partial charge in [-0.2, -0.15) is 0 Å². The van der Waals surface area contributed by atoms with Crippen molar-refractivity contribution in [3.63, 3.8) is 0 Å². The molecule has 112 valence electrons. The van der Waals surface area contributed by atoms with Crippen molar-refractivity contribution in [2.45, 2.75) is 38.8 Å². The van der Waals surface area contributed by atoms with Gasteiger partial charge in [0.1, 0.15) is 0 Å². The van der Waals surface area contributed by atoms with Crippen LogP contribution in [0.4, 0.5) is 0 Å². The van der Waals surface area contributed by atoms with Crippen molar-refractivity contribution in [1.29, 1.82) is 0 Å². The third kappa shape index (κ3) is 5.89. The summed E-state index contributed by atoms with van der Waals surface area (Å²) < 4.78 is 5.05. The molecule has 1 fully saturated rings. The first-order valence-electron chi connectivity index (χ1n) is 7.27. The van der Waals surface area contributed by atoms with E-state index in [0.717, 1.165) is 45.6 Å². The van der Waals surface area contributed by atoms with Crippen molar-refractivity contribution in [3.8, 4) is 0 Å². The van der Waals surface area contributed by atoms with E-state index in [1.165, 1.54) is 0 Å². The van der Waals surface area contributed by atoms with Gasteiger partial charge in [0.15, 0.2) is 0 Å². The molecule has 1 aliphatic rings. The molecule has 0 aromatic heterocycles. The fraction of sp³-hybridized carbons (Fsp3) is 0.929. The highest BCUT2D eigenvalue weighted by Crippen LogP contribution is 2.12. The number of carbonyl (C=O) groups excluding carboxylic acids is 1. The lowest BCUT2D eigenvalue weighted by Crippen LogP contribution is -2.53. The summed E-state index contributed by atoms with van der Waals surface area (Å²) >= 11 is 0. The van der Waals surface area contributed by atoms with Crippen LogP contribution < -0.4 is 5.32 Å². The Morgan fingerprint density at radius 2 is 2.21 bits per heavy atom. The normalized spacial score (nSPS) is 20.6. The Hall–Kier alpha value is -0.650. The second-order valence-corrected chi connectivity index (χ2v) is 5.64. The number of amides is 1. The van der Waals surface area contributed by atoms with Gasteiger partial charge in [0.2, 0.25) is 5.91 Å². The number of piperidine rings is 1. The van der Waals surface area contributed by atoms with Gasteiger partial charge in [-0.3, -0.25) is 4.79 Å². The zero-order valence-corrected chi connectivity index (χ0v) is 12.8. The molecule has 1 rings (SSSR count).